The normalized spacial score (nSPS) is 16.4. The zero-order chi connectivity index (χ0) is 28.4. The molecule has 1 aliphatic heterocycles. The van der Waals surface area contributed by atoms with E-state index in [2.05, 4.69) is 30.7 Å². The number of amides is 1. The Balaban J connectivity index is 1.72. The first-order valence-electron chi connectivity index (χ1n) is 12.9. The van der Waals surface area contributed by atoms with E-state index in [-0.39, 0.29) is 18.8 Å². The zero-order valence-electron chi connectivity index (χ0n) is 22.2. The number of methoxy groups -OCH3 is 1. The molecule has 0 radical (unpaired) electrons. The lowest BCUT2D eigenvalue weighted by atomic mass is 9.71. The molecule has 1 heterocycles. The molecule has 3 N–H and O–H groups in total. The van der Waals surface area contributed by atoms with Crippen LogP contribution in [0.4, 0.5) is 4.79 Å². The summed E-state index contributed by atoms with van der Waals surface area (Å²) in [6, 6.07) is 17.2. The number of rotatable bonds is 11. The summed E-state index contributed by atoms with van der Waals surface area (Å²) in [7, 11) is 1.35. The number of ether oxygens (including phenoxy) is 1. The van der Waals surface area contributed by atoms with E-state index in [0.29, 0.717) is 35.5 Å². The standard InChI is InChI=1S/C28H30N10O2/c1-40-27(39)36-28(14-5-15-28)21-10-8-20(9-11-21)25(29)24(19-6-3-2-4-7-19)26-34-22(12-16-32-37-30)18-23(35-26)13-17-33-38-31/h2-4,6-11,18,29,34H,5,12-17H2,1H3,(H,36,39)/b26-24+,29-25?. The van der Waals surface area contributed by atoms with Crippen molar-refractivity contribution in [2.45, 2.75) is 37.6 Å². The molecule has 204 valence electrons. The first kappa shape index (κ1) is 28.0. The van der Waals surface area contributed by atoms with Crippen molar-refractivity contribution in [3.8, 4) is 0 Å². The number of carbonyl (C=O) groups is 1. The van der Waals surface area contributed by atoms with Gasteiger partial charge in [-0.05, 0) is 60.4 Å². The number of benzene rings is 2. The third-order valence-corrected chi connectivity index (χ3v) is 6.96. The van der Waals surface area contributed by atoms with Crippen LogP contribution in [-0.2, 0) is 10.3 Å². The van der Waals surface area contributed by atoms with Gasteiger partial charge in [0.05, 0.1) is 18.4 Å². The summed E-state index contributed by atoms with van der Waals surface area (Å²) in [5.74, 6) is 0.484. The Labute approximate surface area is 231 Å². The van der Waals surface area contributed by atoms with Crippen LogP contribution in [0.3, 0.4) is 0 Å². The molecule has 12 nitrogen and oxygen atoms in total. The lowest BCUT2D eigenvalue weighted by Crippen LogP contribution is -2.50. The summed E-state index contributed by atoms with van der Waals surface area (Å²) < 4.78 is 4.83. The highest BCUT2D eigenvalue weighted by Gasteiger charge is 2.40. The number of hydrogen-bond acceptors (Lipinski definition) is 7. The number of allylic oxidation sites excluding steroid dienone is 2. The molecule has 4 rings (SSSR count). The average Bonchev–Trinajstić information content (AvgIpc) is 2.96. The number of alkyl carbamates (subject to hydrolysis) is 1. The van der Waals surface area contributed by atoms with E-state index in [9.17, 15) is 10.2 Å². The molecule has 1 fully saturated rings. The Bertz CT molecular complexity index is 1440. The van der Waals surface area contributed by atoms with Crippen LogP contribution in [0.2, 0.25) is 0 Å². The predicted molar refractivity (Wildman–Crippen MR) is 154 cm³/mol. The minimum Gasteiger partial charge on any atom is -0.453 e. The fourth-order valence-corrected chi connectivity index (χ4v) is 4.77. The number of nitrogens with one attached hydrogen (secondary N) is 3. The second-order valence-corrected chi connectivity index (χ2v) is 9.40. The molecule has 0 saturated heterocycles. The molecule has 2 aromatic carbocycles. The van der Waals surface area contributed by atoms with E-state index in [1.165, 1.54) is 7.11 Å². The SMILES string of the molecule is COC(=O)NC1(c2ccc(C(=N)/C(=C3/N=C(CCN=[N+]=[N-])C=C(CCN=[N+]=[N-])N3)c3ccccc3)cc2)CCC1. The summed E-state index contributed by atoms with van der Waals surface area (Å²) in [4.78, 5) is 22.4. The lowest BCUT2D eigenvalue weighted by molar-refractivity contribution is 0.128. The van der Waals surface area contributed by atoms with Crippen LogP contribution in [0.25, 0.3) is 26.5 Å². The number of nitrogens with zero attached hydrogens (tertiary/aromatic N) is 7. The van der Waals surface area contributed by atoms with E-state index in [4.69, 9.17) is 20.8 Å². The highest BCUT2D eigenvalue weighted by Crippen LogP contribution is 2.41. The van der Waals surface area contributed by atoms with E-state index in [1.807, 2.05) is 60.7 Å². The van der Waals surface area contributed by atoms with Crippen LogP contribution in [0, 0.1) is 5.41 Å². The molecule has 1 aliphatic carbocycles. The van der Waals surface area contributed by atoms with Crippen LogP contribution in [0.5, 0.6) is 0 Å². The summed E-state index contributed by atoms with van der Waals surface area (Å²) in [6.07, 6.45) is 4.91. The molecule has 2 aliphatic rings. The molecule has 2 aromatic rings. The van der Waals surface area contributed by atoms with Gasteiger partial charge in [0.1, 0.15) is 5.82 Å². The molecule has 0 atom stereocenters. The minimum absolute atomic E-state index is 0.240. The Morgan fingerprint density at radius 1 is 1.05 bits per heavy atom. The molecule has 1 amide bonds. The Morgan fingerprint density at radius 2 is 1.73 bits per heavy atom. The summed E-state index contributed by atoms with van der Waals surface area (Å²) in [5.41, 5.74) is 21.7. The maximum Gasteiger partial charge on any atom is 0.407 e. The molecule has 40 heavy (non-hydrogen) atoms. The second-order valence-electron chi connectivity index (χ2n) is 9.40. The zero-order valence-corrected chi connectivity index (χ0v) is 22.2. The largest absolute Gasteiger partial charge is 0.453 e. The highest BCUT2D eigenvalue weighted by molar-refractivity contribution is 6.31. The first-order chi connectivity index (χ1) is 19.5. The van der Waals surface area contributed by atoms with Crippen LogP contribution in [0.1, 0.15) is 48.8 Å². The van der Waals surface area contributed by atoms with Crippen LogP contribution in [0.15, 0.2) is 87.4 Å². The van der Waals surface area contributed by atoms with Crippen LogP contribution in [-0.4, -0.2) is 37.7 Å². The number of hydrogen-bond donors (Lipinski definition) is 3. The highest BCUT2D eigenvalue weighted by atomic mass is 16.5. The molecule has 12 heteroatoms. The van der Waals surface area contributed by atoms with Gasteiger partial charge in [0.2, 0.25) is 0 Å². The van der Waals surface area contributed by atoms with Crippen molar-refractivity contribution < 1.29 is 9.53 Å². The summed E-state index contributed by atoms with van der Waals surface area (Å²) in [5, 5.41) is 22.8. The minimum atomic E-state index is -0.463. The molecule has 0 bridgehead atoms. The quantitative estimate of drug-likeness (QED) is 0.128. The molecule has 0 aromatic heterocycles. The van der Waals surface area contributed by atoms with E-state index in [0.717, 1.165) is 36.1 Å². The molecule has 1 saturated carbocycles. The predicted octanol–water partition coefficient (Wildman–Crippen LogP) is 6.49. The van der Waals surface area contributed by atoms with E-state index >= 15 is 0 Å². The van der Waals surface area contributed by atoms with Crippen molar-refractivity contribution >= 4 is 23.1 Å². The third-order valence-electron chi connectivity index (χ3n) is 6.96. The Kier molecular flexibility index (Phi) is 9.19. The van der Waals surface area contributed by atoms with Crippen molar-refractivity contribution in [1.29, 1.82) is 5.41 Å². The van der Waals surface area contributed by atoms with E-state index < -0.39 is 11.6 Å². The topological polar surface area (TPSA) is 184 Å². The van der Waals surface area contributed by atoms with Crippen molar-refractivity contribution in [1.82, 2.24) is 10.6 Å². The summed E-state index contributed by atoms with van der Waals surface area (Å²) in [6.45, 7) is 0.497. The first-order valence-corrected chi connectivity index (χ1v) is 12.9. The molecular formula is C28H30N10O2. The van der Waals surface area contributed by atoms with Gasteiger partial charge in [-0.1, -0.05) is 64.8 Å². The van der Waals surface area contributed by atoms with Gasteiger partial charge in [0, 0.05) is 45.5 Å². The van der Waals surface area contributed by atoms with Crippen LogP contribution >= 0.6 is 0 Å². The van der Waals surface area contributed by atoms with Gasteiger partial charge in [-0.3, -0.25) is 5.41 Å². The monoisotopic (exact) mass is 538 g/mol. The molecular weight excluding hydrogens is 508 g/mol. The maximum atomic E-state index is 12.0. The van der Waals surface area contributed by atoms with Crippen molar-refractivity contribution in [2.75, 3.05) is 20.2 Å². The van der Waals surface area contributed by atoms with Gasteiger partial charge in [-0.2, -0.15) is 0 Å². The molecule has 0 spiro atoms. The maximum absolute atomic E-state index is 12.0. The van der Waals surface area contributed by atoms with Gasteiger partial charge >= 0.3 is 6.09 Å². The van der Waals surface area contributed by atoms with Crippen molar-refractivity contribution in [3.63, 3.8) is 0 Å². The van der Waals surface area contributed by atoms with Gasteiger partial charge in [0.25, 0.3) is 0 Å². The number of azide groups is 2. The van der Waals surface area contributed by atoms with Gasteiger partial charge in [-0.15, -0.1) is 0 Å². The van der Waals surface area contributed by atoms with Gasteiger partial charge < -0.3 is 15.4 Å². The van der Waals surface area contributed by atoms with Crippen molar-refractivity contribution in [2.24, 2.45) is 15.2 Å². The number of aliphatic imine (C=N–C) groups is 1. The molecule has 0 unspecified atom stereocenters. The fourth-order valence-electron chi connectivity index (χ4n) is 4.77. The van der Waals surface area contributed by atoms with Crippen LogP contribution < -0.4 is 10.6 Å². The van der Waals surface area contributed by atoms with E-state index in [1.54, 1.807) is 0 Å². The fraction of sp³-hybridized carbons (Fsp3) is 0.321. The van der Waals surface area contributed by atoms with Gasteiger partial charge in [-0.25, -0.2) is 9.79 Å². The van der Waals surface area contributed by atoms with Crippen molar-refractivity contribution in [3.05, 3.63) is 110 Å². The lowest BCUT2D eigenvalue weighted by Gasteiger charge is -2.42. The smallest absolute Gasteiger partial charge is 0.407 e. The Hall–Kier alpha value is -5.05. The third kappa shape index (κ3) is 6.50. The Morgan fingerprint density at radius 3 is 2.33 bits per heavy atom. The second kappa shape index (κ2) is 13.1. The average molecular weight is 539 g/mol. The number of carbonyl (C=O) groups excluding carboxylic acids is 1. The van der Waals surface area contributed by atoms with Gasteiger partial charge in [0.15, 0.2) is 0 Å². The summed E-state index contributed by atoms with van der Waals surface area (Å²) >= 11 is 0.